The van der Waals surface area contributed by atoms with Gasteiger partial charge < -0.3 is 4.57 Å². The third-order valence-corrected chi connectivity index (χ3v) is 11.4. The summed E-state index contributed by atoms with van der Waals surface area (Å²) in [6, 6.07) is 81.4. The highest BCUT2D eigenvalue weighted by molar-refractivity contribution is 6.22. The molecule has 0 atom stereocenters. The lowest BCUT2D eigenvalue weighted by atomic mass is 9.84. The van der Waals surface area contributed by atoms with Crippen molar-refractivity contribution in [2.45, 2.75) is 0 Å². The molecule has 0 saturated heterocycles. The predicted molar refractivity (Wildman–Crippen MR) is 252 cm³/mol. The molecule has 0 aliphatic carbocycles. The number of hydrogen-bond donors (Lipinski definition) is 0. The summed E-state index contributed by atoms with van der Waals surface area (Å²) in [5.74, 6) is 1.88. The van der Waals surface area contributed by atoms with Crippen molar-refractivity contribution in [1.29, 1.82) is 0 Å². The zero-order valence-corrected chi connectivity index (χ0v) is 33.2. The molecule has 0 saturated carbocycles. The van der Waals surface area contributed by atoms with Crippen molar-refractivity contribution in [3.8, 4) is 84.4 Å². The number of fused-ring (bicyclic) bond motifs is 3. The molecule has 0 aliphatic heterocycles. The van der Waals surface area contributed by atoms with Crippen LogP contribution in [0.25, 0.3) is 106 Å². The number of hydrogen-bond acceptors (Lipinski definition) is 3. The number of aromatic nitrogens is 4. The summed E-state index contributed by atoms with van der Waals surface area (Å²) in [6.07, 6.45) is 0. The Morgan fingerprint density at radius 1 is 0.279 bits per heavy atom. The van der Waals surface area contributed by atoms with Gasteiger partial charge in [-0.25, -0.2) is 15.0 Å². The summed E-state index contributed by atoms with van der Waals surface area (Å²) < 4.78 is 2.43. The second kappa shape index (κ2) is 15.5. The molecule has 286 valence electrons. The van der Waals surface area contributed by atoms with Gasteiger partial charge in [0.05, 0.1) is 11.0 Å². The van der Waals surface area contributed by atoms with E-state index in [2.05, 4.69) is 199 Å². The van der Waals surface area contributed by atoms with Crippen LogP contribution in [-0.2, 0) is 0 Å². The molecule has 4 nitrogen and oxygen atoms in total. The molecule has 0 N–H and O–H groups in total. The average molecular weight is 779 g/mol. The van der Waals surface area contributed by atoms with Crippen LogP contribution in [0.4, 0.5) is 0 Å². The van der Waals surface area contributed by atoms with Crippen LogP contribution in [0, 0.1) is 0 Å². The molecule has 0 spiro atoms. The van der Waals surface area contributed by atoms with Crippen molar-refractivity contribution in [3.63, 3.8) is 0 Å². The molecular weight excluding hydrogens is 741 g/mol. The Bertz CT molecular complexity index is 3250. The summed E-state index contributed by atoms with van der Waals surface area (Å²) in [7, 11) is 0. The minimum atomic E-state index is 0.615. The quantitative estimate of drug-likeness (QED) is 0.154. The third kappa shape index (κ3) is 6.67. The second-order valence-corrected chi connectivity index (χ2v) is 15.2. The van der Waals surface area contributed by atoms with Gasteiger partial charge in [0.25, 0.3) is 0 Å². The molecule has 0 bridgehead atoms. The third-order valence-electron chi connectivity index (χ3n) is 11.4. The first-order valence-electron chi connectivity index (χ1n) is 20.6. The standard InChI is InChI=1S/C57H38N4/c1-7-20-39(21-8-1)44-34-35-50-49(37-44)54-51(61(50)47-32-17-6-18-33-47)38-48(40-22-9-2-10-23-40)52(41-24-11-3-12-25-41)53(54)45-30-19-31-46(36-45)57-59-55(42-26-13-4-14-27-42)58-56(60-57)43-28-15-5-16-29-43/h1-38H. The van der Waals surface area contributed by atoms with E-state index in [-0.39, 0.29) is 0 Å². The van der Waals surface area contributed by atoms with Crippen molar-refractivity contribution in [3.05, 3.63) is 231 Å². The molecule has 2 aromatic heterocycles. The minimum Gasteiger partial charge on any atom is -0.309 e. The monoisotopic (exact) mass is 778 g/mol. The maximum Gasteiger partial charge on any atom is 0.164 e. The maximum atomic E-state index is 5.15. The maximum absolute atomic E-state index is 5.15. The Kier molecular flexibility index (Phi) is 9.14. The fourth-order valence-electron chi connectivity index (χ4n) is 8.63. The van der Waals surface area contributed by atoms with Gasteiger partial charge >= 0.3 is 0 Å². The smallest absolute Gasteiger partial charge is 0.164 e. The molecule has 11 aromatic rings. The fraction of sp³-hybridized carbons (Fsp3) is 0. The summed E-state index contributed by atoms with van der Waals surface area (Å²) in [5.41, 5.74) is 15.3. The molecule has 61 heavy (non-hydrogen) atoms. The van der Waals surface area contributed by atoms with Crippen LogP contribution in [0.3, 0.4) is 0 Å². The first kappa shape index (κ1) is 35.9. The number of nitrogens with zero attached hydrogens (tertiary/aromatic N) is 4. The molecule has 0 radical (unpaired) electrons. The van der Waals surface area contributed by atoms with Gasteiger partial charge in [-0.15, -0.1) is 0 Å². The van der Waals surface area contributed by atoms with E-state index in [1.165, 1.54) is 27.5 Å². The topological polar surface area (TPSA) is 43.6 Å². The molecule has 0 amide bonds. The molecule has 9 aromatic carbocycles. The van der Waals surface area contributed by atoms with Crippen LogP contribution >= 0.6 is 0 Å². The average Bonchev–Trinajstić information content (AvgIpc) is 3.68. The van der Waals surface area contributed by atoms with Gasteiger partial charge in [-0.2, -0.15) is 0 Å². The minimum absolute atomic E-state index is 0.615. The molecule has 11 rings (SSSR count). The van der Waals surface area contributed by atoms with Gasteiger partial charge in [-0.05, 0) is 75.3 Å². The molecule has 0 fully saturated rings. The van der Waals surface area contributed by atoms with E-state index in [0.29, 0.717) is 17.5 Å². The first-order chi connectivity index (χ1) is 30.3. The van der Waals surface area contributed by atoms with Crippen molar-refractivity contribution in [2.75, 3.05) is 0 Å². The van der Waals surface area contributed by atoms with Crippen LogP contribution in [0.1, 0.15) is 0 Å². The van der Waals surface area contributed by atoms with E-state index in [1.54, 1.807) is 0 Å². The van der Waals surface area contributed by atoms with E-state index in [0.717, 1.165) is 61.2 Å². The van der Waals surface area contributed by atoms with Crippen LogP contribution in [0.15, 0.2) is 231 Å². The van der Waals surface area contributed by atoms with Crippen LogP contribution in [-0.4, -0.2) is 19.5 Å². The molecule has 2 heterocycles. The van der Waals surface area contributed by atoms with Gasteiger partial charge in [-0.1, -0.05) is 194 Å². The fourth-order valence-corrected chi connectivity index (χ4v) is 8.63. The highest BCUT2D eigenvalue weighted by Gasteiger charge is 2.25. The zero-order chi connectivity index (χ0) is 40.5. The summed E-state index contributed by atoms with van der Waals surface area (Å²) >= 11 is 0. The Morgan fingerprint density at radius 2 is 0.738 bits per heavy atom. The normalized spacial score (nSPS) is 11.3. The molecular formula is C57H38N4. The van der Waals surface area contributed by atoms with Gasteiger partial charge in [-0.3, -0.25) is 0 Å². The molecule has 0 unspecified atom stereocenters. The highest BCUT2D eigenvalue weighted by Crippen LogP contribution is 2.49. The second-order valence-electron chi connectivity index (χ2n) is 15.2. The highest BCUT2D eigenvalue weighted by atomic mass is 15.0. The lowest BCUT2D eigenvalue weighted by Gasteiger charge is -2.20. The zero-order valence-electron chi connectivity index (χ0n) is 33.2. The largest absolute Gasteiger partial charge is 0.309 e. The summed E-state index contributed by atoms with van der Waals surface area (Å²) in [5, 5.41) is 2.35. The summed E-state index contributed by atoms with van der Waals surface area (Å²) in [6.45, 7) is 0. The lowest BCUT2D eigenvalue weighted by molar-refractivity contribution is 1.07. The first-order valence-corrected chi connectivity index (χ1v) is 20.6. The Balaban J connectivity index is 1.26. The van der Waals surface area contributed by atoms with Gasteiger partial charge in [0.15, 0.2) is 17.5 Å². The van der Waals surface area contributed by atoms with E-state index in [1.807, 2.05) is 36.4 Å². The van der Waals surface area contributed by atoms with Gasteiger partial charge in [0.1, 0.15) is 0 Å². The Hall–Kier alpha value is -8.21. The van der Waals surface area contributed by atoms with Crippen molar-refractivity contribution in [2.24, 2.45) is 0 Å². The van der Waals surface area contributed by atoms with E-state index in [9.17, 15) is 0 Å². The number of para-hydroxylation sites is 1. The number of rotatable bonds is 8. The van der Waals surface area contributed by atoms with Crippen LogP contribution < -0.4 is 0 Å². The Labute approximate surface area is 354 Å². The van der Waals surface area contributed by atoms with Gasteiger partial charge in [0, 0.05) is 38.7 Å². The van der Waals surface area contributed by atoms with Crippen molar-refractivity contribution >= 4 is 21.8 Å². The van der Waals surface area contributed by atoms with E-state index < -0.39 is 0 Å². The van der Waals surface area contributed by atoms with Crippen LogP contribution in [0.5, 0.6) is 0 Å². The SMILES string of the molecule is c1ccc(-c2ccc3c(c2)c2c(-c4cccc(-c5nc(-c6ccccc6)nc(-c6ccccc6)n5)c4)c(-c4ccccc4)c(-c4ccccc4)cc2n3-c2ccccc2)cc1. The van der Waals surface area contributed by atoms with Crippen molar-refractivity contribution in [1.82, 2.24) is 19.5 Å². The van der Waals surface area contributed by atoms with Crippen LogP contribution in [0.2, 0.25) is 0 Å². The summed E-state index contributed by atoms with van der Waals surface area (Å²) in [4.78, 5) is 15.3. The molecule has 4 heteroatoms. The van der Waals surface area contributed by atoms with E-state index >= 15 is 0 Å². The molecule has 0 aliphatic rings. The van der Waals surface area contributed by atoms with E-state index in [4.69, 9.17) is 15.0 Å². The Morgan fingerprint density at radius 3 is 1.31 bits per heavy atom. The lowest BCUT2D eigenvalue weighted by Crippen LogP contribution is -2.00. The predicted octanol–water partition coefficient (Wildman–Crippen LogP) is 14.6. The van der Waals surface area contributed by atoms with Gasteiger partial charge in [0.2, 0.25) is 0 Å². The number of benzene rings is 9. The van der Waals surface area contributed by atoms with Crippen molar-refractivity contribution < 1.29 is 0 Å².